The van der Waals surface area contributed by atoms with Gasteiger partial charge in [0.2, 0.25) is 0 Å². The van der Waals surface area contributed by atoms with Crippen LogP contribution in [0.25, 0.3) is 10.8 Å². The maximum atomic E-state index is 12.6. The number of nitrogens with two attached hydrogens (primary N) is 1. The van der Waals surface area contributed by atoms with Crippen LogP contribution in [-0.4, -0.2) is 10.9 Å². The number of aromatic nitrogens is 1. The third-order valence-electron chi connectivity index (χ3n) is 3.68. The fourth-order valence-electron chi connectivity index (χ4n) is 2.46. The molecule has 3 N–H and O–H groups in total. The normalized spacial score (nSPS) is 10.7. The average molecular weight is 326 g/mol. The molecule has 0 unspecified atom stereocenters. The van der Waals surface area contributed by atoms with Crippen LogP contribution in [0.4, 0.5) is 11.4 Å². The Balaban J connectivity index is 2.04. The number of amides is 1. The fraction of sp³-hybridized carbons (Fsp3) is 0.111. The van der Waals surface area contributed by atoms with Gasteiger partial charge in [0.1, 0.15) is 5.69 Å². The standard InChI is InChI=1S/C18H16ClN3O/c1-10-6-7-12(9-15(10)19)22-18(23)17-13-4-3-5-16(20)14(13)8-11(2)21-17/h3-9H,20H2,1-2H3,(H,22,23). The highest BCUT2D eigenvalue weighted by atomic mass is 35.5. The van der Waals surface area contributed by atoms with Crippen molar-refractivity contribution in [3.63, 3.8) is 0 Å². The van der Waals surface area contributed by atoms with Crippen LogP contribution < -0.4 is 11.1 Å². The molecule has 0 atom stereocenters. The van der Waals surface area contributed by atoms with Crippen molar-refractivity contribution in [3.8, 4) is 0 Å². The number of nitrogens with one attached hydrogen (secondary N) is 1. The number of nitrogens with zero attached hydrogens (tertiary/aromatic N) is 1. The van der Waals surface area contributed by atoms with Crippen LogP contribution in [0.15, 0.2) is 42.5 Å². The number of halogens is 1. The third-order valence-corrected chi connectivity index (χ3v) is 4.09. The molecule has 4 nitrogen and oxygen atoms in total. The second kappa shape index (κ2) is 5.89. The monoisotopic (exact) mass is 325 g/mol. The molecule has 3 rings (SSSR count). The van der Waals surface area contributed by atoms with Crippen LogP contribution >= 0.6 is 11.6 Å². The molecule has 0 saturated carbocycles. The molecule has 1 amide bonds. The first-order valence-corrected chi connectivity index (χ1v) is 7.57. The van der Waals surface area contributed by atoms with Gasteiger partial charge in [-0.2, -0.15) is 0 Å². The number of anilines is 2. The Bertz CT molecular complexity index is 922. The molecule has 1 heterocycles. The van der Waals surface area contributed by atoms with E-state index in [1.807, 2.05) is 50.2 Å². The lowest BCUT2D eigenvalue weighted by Gasteiger charge is -2.10. The van der Waals surface area contributed by atoms with Crippen molar-refractivity contribution in [2.24, 2.45) is 0 Å². The van der Waals surface area contributed by atoms with Gasteiger partial charge in [0, 0.05) is 32.9 Å². The summed E-state index contributed by atoms with van der Waals surface area (Å²) in [5.74, 6) is -0.288. The lowest BCUT2D eigenvalue weighted by atomic mass is 10.1. The summed E-state index contributed by atoms with van der Waals surface area (Å²) in [6, 6.07) is 12.7. The summed E-state index contributed by atoms with van der Waals surface area (Å²) < 4.78 is 0. The predicted molar refractivity (Wildman–Crippen MR) is 95.0 cm³/mol. The summed E-state index contributed by atoms with van der Waals surface area (Å²) in [4.78, 5) is 17.0. The first kappa shape index (κ1) is 15.3. The summed E-state index contributed by atoms with van der Waals surface area (Å²) in [7, 11) is 0. The van der Waals surface area contributed by atoms with E-state index in [0.29, 0.717) is 22.1 Å². The third kappa shape index (κ3) is 2.98. The molecule has 5 heteroatoms. The van der Waals surface area contributed by atoms with Crippen molar-refractivity contribution >= 4 is 39.7 Å². The Kier molecular flexibility index (Phi) is 3.92. The highest BCUT2D eigenvalue weighted by Crippen LogP contribution is 2.25. The largest absolute Gasteiger partial charge is 0.398 e. The van der Waals surface area contributed by atoms with E-state index in [9.17, 15) is 4.79 Å². The summed E-state index contributed by atoms with van der Waals surface area (Å²) in [5.41, 5.74) is 9.31. The van der Waals surface area contributed by atoms with E-state index in [1.54, 1.807) is 6.07 Å². The van der Waals surface area contributed by atoms with Crippen molar-refractivity contribution in [2.45, 2.75) is 13.8 Å². The zero-order valence-corrected chi connectivity index (χ0v) is 13.6. The van der Waals surface area contributed by atoms with E-state index < -0.39 is 0 Å². The molecule has 116 valence electrons. The van der Waals surface area contributed by atoms with E-state index in [4.69, 9.17) is 17.3 Å². The molecule has 2 aromatic carbocycles. The van der Waals surface area contributed by atoms with Crippen LogP contribution in [-0.2, 0) is 0 Å². The minimum absolute atomic E-state index is 0.288. The smallest absolute Gasteiger partial charge is 0.274 e. The van der Waals surface area contributed by atoms with Gasteiger partial charge in [0.15, 0.2) is 0 Å². The van der Waals surface area contributed by atoms with Gasteiger partial charge in [-0.1, -0.05) is 29.8 Å². The molecule has 0 aliphatic carbocycles. The molecule has 0 saturated heterocycles. The maximum Gasteiger partial charge on any atom is 0.274 e. The Morgan fingerprint density at radius 1 is 1.13 bits per heavy atom. The Labute approximate surface area is 139 Å². The van der Waals surface area contributed by atoms with E-state index >= 15 is 0 Å². The number of hydrogen-bond donors (Lipinski definition) is 2. The van der Waals surface area contributed by atoms with Gasteiger partial charge >= 0.3 is 0 Å². The van der Waals surface area contributed by atoms with Crippen LogP contribution in [0, 0.1) is 13.8 Å². The molecule has 23 heavy (non-hydrogen) atoms. The molecule has 0 bridgehead atoms. The number of pyridine rings is 1. The Morgan fingerprint density at radius 2 is 1.91 bits per heavy atom. The van der Waals surface area contributed by atoms with Gasteiger partial charge in [-0.05, 0) is 43.7 Å². The Morgan fingerprint density at radius 3 is 2.65 bits per heavy atom. The number of fused-ring (bicyclic) bond motifs is 1. The minimum Gasteiger partial charge on any atom is -0.398 e. The molecule has 1 aromatic heterocycles. The van der Waals surface area contributed by atoms with Gasteiger partial charge in [0.05, 0.1) is 0 Å². The number of aryl methyl sites for hydroxylation is 2. The van der Waals surface area contributed by atoms with Crippen molar-refractivity contribution in [1.82, 2.24) is 4.98 Å². The van der Waals surface area contributed by atoms with Crippen LogP contribution in [0.3, 0.4) is 0 Å². The van der Waals surface area contributed by atoms with Crippen LogP contribution in [0.5, 0.6) is 0 Å². The maximum absolute atomic E-state index is 12.6. The zero-order valence-electron chi connectivity index (χ0n) is 12.9. The van der Waals surface area contributed by atoms with E-state index in [2.05, 4.69) is 10.3 Å². The highest BCUT2D eigenvalue weighted by Gasteiger charge is 2.14. The highest BCUT2D eigenvalue weighted by molar-refractivity contribution is 6.31. The molecule has 0 aliphatic rings. The second-order valence-corrected chi connectivity index (χ2v) is 5.88. The summed E-state index contributed by atoms with van der Waals surface area (Å²) in [5, 5.41) is 5.00. The lowest BCUT2D eigenvalue weighted by Crippen LogP contribution is -2.15. The van der Waals surface area contributed by atoms with E-state index in [0.717, 1.165) is 22.0 Å². The van der Waals surface area contributed by atoms with Gasteiger partial charge < -0.3 is 11.1 Å². The van der Waals surface area contributed by atoms with Gasteiger partial charge in [0.25, 0.3) is 5.91 Å². The predicted octanol–water partition coefficient (Wildman–Crippen LogP) is 4.34. The second-order valence-electron chi connectivity index (χ2n) is 5.47. The lowest BCUT2D eigenvalue weighted by molar-refractivity contribution is 0.102. The van der Waals surface area contributed by atoms with Crippen molar-refractivity contribution in [1.29, 1.82) is 0 Å². The van der Waals surface area contributed by atoms with Crippen molar-refractivity contribution in [3.05, 3.63) is 64.4 Å². The summed E-state index contributed by atoms with van der Waals surface area (Å²) in [6.07, 6.45) is 0. The van der Waals surface area contributed by atoms with Gasteiger partial charge in [-0.25, -0.2) is 4.98 Å². The zero-order chi connectivity index (χ0) is 16.6. The quantitative estimate of drug-likeness (QED) is 0.689. The number of benzene rings is 2. The minimum atomic E-state index is -0.288. The van der Waals surface area contributed by atoms with Crippen LogP contribution in [0.2, 0.25) is 5.02 Å². The molecule has 0 radical (unpaired) electrons. The number of carbonyl (C=O) groups is 1. The number of nitrogen functional groups attached to an aromatic ring is 1. The number of hydrogen-bond acceptors (Lipinski definition) is 3. The van der Waals surface area contributed by atoms with E-state index in [1.165, 1.54) is 0 Å². The number of rotatable bonds is 2. The number of carbonyl (C=O) groups excluding carboxylic acids is 1. The fourth-order valence-corrected chi connectivity index (χ4v) is 2.64. The molecule has 3 aromatic rings. The van der Waals surface area contributed by atoms with Crippen LogP contribution in [0.1, 0.15) is 21.7 Å². The first-order valence-electron chi connectivity index (χ1n) is 7.19. The topological polar surface area (TPSA) is 68.0 Å². The first-order chi connectivity index (χ1) is 11.0. The van der Waals surface area contributed by atoms with E-state index in [-0.39, 0.29) is 5.91 Å². The molecular formula is C18H16ClN3O. The average Bonchev–Trinajstić information content (AvgIpc) is 2.51. The molecule has 0 spiro atoms. The van der Waals surface area contributed by atoms with Crippen molar-refractivity contribution in [2.75, 3.05) is 11.1 Å². The summed E-state index contributed by atoms with van der Waals surface area (Å²) >= 11 is 6.10. The molecular weight excluding hydrogens is 310 g/mol. The molecule has 0 fully saturated rings. The Hall–Kier alpha value is -2.59. The van der Waals surface area contributed by atoms with Gasteiger partial charge in [-0.3, -0.25) is 4.79 Å². The molecule has 0 aliphatic heterocycles. The SMILES string of the molecule is Cc1cc2c(N)cccc2c(C(=O)Nc2ccc(C)c(Cl)c2)n1. The van der Waals surface area contributed by atoms with Gasteiger partial charge in [-0.15, -0.1) is 0 Å². The summed E-state index contributed by atoms with van der Waals surface area (Å²) in [6.45, 7) is 3.75. The van der Waals surface area contributed by atoms with Crippen molar-refractivity contribution < 1.29 is 4.79 Å².